The zero-order valence-corrected chi connectivity index (χ0v) is 28.9. The van der Waals surface area contributed by atoms with Crippen LogP contribution in [0.3, 0.4) is 0 Å². The topological polar surface area (TPSA) is 89.5 Å². The van der Waals surface area contributed by atoms with Crippen molar-refractivity contribution in [3.05, 3.63) is 75.9 Å². The van der Waals surface area contributed by atoms with E-state index >= 15 is 0 Å². The van der Waals surface area contributed by atoms with Gasteiger partial charge in [0.05, 0.1) is 51.8 Å². The quantitative estimate of drug-likeness (QED) is 0.316. The highest BCUT2D eigenvalue weighted by molar-refractivity contribution is 5.90. The molecule has 4 fully saturated rings. The average molecular weight is 659 g/mol. The Balaban J connectivity index is 0.000000152. The first-order valence-electron chi connectivity index (χ1n) is 17.9. The smallest absolute Gasteiger partial charge is 0.337 e. The van der Waals surface area contributed by atoms with E-state index in [1.807, 2.05) is 24.3 Å². The molecule has 0 unspecified atom stereocenters. The summed E-state index contributed by atoms with van der Waals surface area (Å²) in [6.45, 7) is 7.42. The van der Waals surface area contributed by atoms with E-state index in [1.165, 1.54) is 30.9 Å². The van der Waals surface area contributed by atoms with Crippen molar-refractivity contribution >= 4 is 18.0 Å². The van der Waals surface area contributed by atoms with E-state index in [2.05, 4.69) is 38.1 Å². The molecule has 0 aromatic heterocycles. The number of methoxy groups -OCH3 is 2. The van der Waals surface area contributed by atoms with Gasteiger partial charge in [0.25, 0.3) is 0 Å². The third-order valence-corrected chi connectivity index (χ3v) is 12.7. The lowest BCUT2D eigenvalue weighted by atomic mass is 9.55. The van der Waals surface area contributed by atoms with Crippen molar-refractivity contribution < 1.29 is 38.0 Å². The molecule has 2 heterocycles. The molecule has 0 radical (unpaired) electrons. The number of hydrogen-bond acceptors (Lipinski definition) is 8. The van der Waals surface area contributed by atoms with Crippen LogP contribution in [0, 0.1) is 11.8 Å². The molecule has 2 spiro atoms. The number of carbonyl (C=O) groups excluding carboxylic acids is 2. The summed E-state index contributed by atoms with van der Waals surface area (Å²) >= 11 is 0. The highest BCUT2D eigenvalue weighted by atomic mass is 16.7. The molecule has 2 aromatic rings. The molecule has 2 saturated carbocycles. The Hall–Kier alpha value is -3.04. The van der Waals surface area contributed by atoms with Crippen molar-refractivity contribution in [2.24, 2.45) is 11.8 Å². The predicted octanol–water partition coefficient (Wildman–Crippen LogP) is 7.30. The van der Waals surface area contributed by atoms with Gasteiger partial charge in [0.15, 0.2) is 11.6 Å². The number of hydrogen-bond donors (Lipinski definition) is 0. The Morgan fingerprint density at radius 3 is 1.90 bits per heavy atom. The van der Waals surface area contributed by atoms with Gasteiger partial charge in [-0.2, -0.15) is 0 Å². The second-order valence-electron chi connectivity index (χ2n) is 14.5. The van der Waals surface area contributed by atoms with Crippen LogP contribution in [0.25, 0.3) is 6.08 Å². The molecule has 6 aliphatic rings. The second kappa shape index (κ2) is 13.0. The van der Waals surface area contributed by atoms with Crippen molar-refractivity contribution in [2.75, 3.05) is 40.6 Å². The Labute approximate surface area is 284 Å². The van der Waals surface area contributed by atoms with E-state index in [4.69, 9.17) is 28.4 Å². The molecule has 0 N–H and O–H groups in total. The van der Waals surface area contributed by atoms with Gasteiger partial charge in [-0.1, -0.05) is 38.1 Å². The fourth-order valence-electron chi connectivity index (χ4n) is 10.1. The summed E-state index contributed by atoms with van der Waals surface area (Å²) in [7, 11) is 2.86. The first-order valence-corrected chi connectivity index (χ1v) is 17.9. The SMILES string of the molecule is CC[C@@]12CCC3(C[C@@H]1C=Cc1cc(C(=O)OC)ccc12)OCCO3.CC[C@@]12CCC3(C[C@@H]1CCc1cc(C(=O)OC)ccc12)OCCO3. The molecule has 48 heavy (non-hydrogen) atoms. The summed E-state index contributed by atoms with van der Waals surface area (Å²) in [4.78, 5) is 23.7. The van der Waals surface area contributed by atoms with Crippen LogP contribution in [0.5, 0.6) is 0 Å². The minimum Gasteiger partial charge on any atom is -0.465 e. The van der Waals surface area contributed by atoms with E-state index in [-0.39, 0.29) is 34.3 Å². The van der Waals surface area contributed by atoms with Gasteiger partial charge in [-0.15, -0.1) is 0 Å². The van der Waals surface area contributed by atoms with Crippen molar-refractivity contribution in [1.29, 1.82) is 0 Å². The Bertz CT molecular complexity index is 1570. The van der Waals surface area contributed by atoms with Crippen LogP contribution in [-0.4, -0.2) is 64.2 Å². The minimum atomic E-state index is -0.378. The van der Waals surface area contributed by atoms with Crippen LogP contribution in [0.4, 0.5) is 0 Å². The number of benzene rings is 2. The molecule has 2 aromatic carbocycles. The molecule has 258 valence electrons. The molecule has 2 saturated heterocycles. The summed E-state index contributed by atoms with van der Waals surface area (Å²) in [6, 6.07) is 12.1. The van der Waals surface area contributed by atoms with Crippen molar-refractivity contribution in [2.45, 2.75) is 100 Å². The van der Waals surface area contributed by atoms with Gasteiger partial charge >= 0.3 is 11.9 Å². The fraction of sp³-hybridized carbons (Fsp3) is 0.600. The van der Waals surface area contributed by atoms with Crippen molar-refractivity contribution in [3.8, 4) is 0 Å². The van der Waals surface area contributed by atoms with E-state index in [9.17, 15) is 9.59 Å². The molecule has 8 heteroatoms. The van der Waals surface area contributed by atoms with Gasteiger partial charge in [0.2, 0.25) is 0 Å². The molecule has 0 bridgehead atoms. The lowest BCUT2D eigenvalue weighted by molar-refractivity contribution is -0.200. The van der Waals surface area contributed by atoms with Crippen molar-refractivity contribution in [1.82, 2.24) is 0 Å². The van der Waals surface area contributed by atoms with Crippen LogP contribution < -0.4 is 0 Å². The normalized spacial score (nSPS) is 30.3. The summed E-state index contributed by atoms with van der Waals surface area (Å²) in [5.41, 5.74) is 6.82. The number of ether oxygens (including phenoxy) is 6. The molecule has 8 nitrogen and oxygen atoms in total. The van der Waals surface area contributed by atoms with E-state index in [1.54, 1.807) is 0 Å². The lowest BCUT2D eigenvalue weighted by Gasteiger charge is -2.52. The number of rotatable bonds is 4. The van der Waals surface area contributed by atoms with E-state index in [0.29, 0.717) is 36.2 Å². The minimum absolute atomic E-state index is 0.110. The zero-order valence-electron chi connectivity index (χ0n) is 28.9. The standard InChI is InChI=1S/C20H26O4.C20H24O4/c2*1-3-19-8-9-20(23-10-11-24-20)13-16(19)6-4-14-12-15(18(21)22-2)5-7-17(14)19/h5,7,12,16H,3-4,6,8-11,13H2,1-2H3;4-7,12,16H,3,8-11,13H2,1-2H3/t2*16-,19+/m00/s1. The molecule has 4 aliphatic carbocycles. The predicted molar refractivity (Wildman–Crippen MR) is 181 cm³/mol. The van der Waals surface area contributed by atoms with E-state index < -0.39 is 0 Å². The van der Waals surface area contributed by atoms with Gasteiger partial charge in [-0.25, -0.2) is 9.59 Å². The third kappa shape index (κ3) is 5.53. The van der Waals surface area contributed by atoms with Gasteiger partial charge in [-0.3, -0.25) is 0 Å². The maximum Gasteiger partial charge on any atom is 0.337 e. The fourth-order valence-corrected chi connectivity index (χ4v) is 10.1. The summed E-state index contributed by atoms with van der Waals surface area (Å²) in [6.07, 6.45) is 14.7. The largest absolute Gasteiger partial charge is 0.465 e. The van der Waals surface area contributed by atoms with Gasteiger partial charge < -0.3 is 28.4 Å². The Morgan fingerprint density at radius 2 is 1.29 bits per heavy atom. The number of esters is 2. The molecule has 0 amide bonds. The number of fused-ring (bicyclic) bond motifs is 6. The van der Waals surface area contributed by atoms with Gasteiger partial charge in [-0.05, 0) is 102 Å². The number of aryl methyl sites for hydroxylation is 1. The van der Waals surface area contributed by atoms with Crippen LogP contribution in [0.15, 0.2) is 42.5 Å². The molecule has 2 aliphatic heterocycles. The van der Waals surface area contributed by atoms with Crippen LogP contribution >= 0.6 is 0 Å². The van der Waals surface area contributed by atoms with Crippen LogP contribution in [0.2, 0.25) is 0 Å². The lowest BCUT2D eigenvalue weighted by Crippen LogP contribution is -2.50. The van der Waals surface area contributed by atoms with Crippen LogP contribution in [0.1, 0.15) is 115 Å². The summed E-state index contributed by atoms with van der Waals surface area (Å²) in [5.74, 6) is -0.240. The Kier molecular flexibility index (Phi) is 9.07. The average Bonchev–Trinajstić information content (AvgIpc) is 3.80. The third-order valence-electron chi connectivity index (χ3n) is 12.7. The molecule has 4 atom stereocenters. The summed E-state index contributed by atoms with van der Waals surface area (Å²) in [5, 5.41) is 0. The van der Waals surface area contributed by atoms with E-state index in [0.717, 1.165) is 83.0 Å². The molecular formula is C40H50O8. The monoisotopic (exact) mass is 658 g/mol. The highest BCUT2D eigenvalue weighted by Gasteiger charge is 2.54. The zero-order chi connectivity index (χ0) is 33.6. The van der Waals surface area contributed by atoms with Crippen LogP contribution in [-0.2, 0) is 45.7 Å². The Morgan fingerprint density at radius 1 is 0.729 bits per heavy atom. The maximum absolute atomic E-state index is 11.8. The molecular weight excluding hydrogens is 608 g/mol. The highest BCUT2D eigenvalue weighted by Crippen LogP contribution is 2.57. The molecule has 8 rings (SSSR count). The first-order chi connectivity index (χ1) is 23.2. The second-order valence-corrected chi connectivity index (χ2v) is 14.5. The summed E-state index contributed by atoms with van der Waals surface area (Å²) < 4.78 is 33.6. The van der Waals surface area contributed by atoms with Crippen molar-refractivity contribution in [3.63, 3.8) is 0 Å². The number of allylic oxidation sites excluding steroid dienone is 1. The first kappa shape index (κ1) is 33.5. The maximum atomic E-state index is 11.8. The van der Waals surface area contributed by atoms with Gasteiger partial charge in [0, 0.05) is 31.1 Å². The van der Waals surface area contributed by atoms with Gasteiger partial charge in [0.1, 0.15) is 0 Å². The number of carbonyl (C=O) groups is 2.